The number of thioether (sulfide) groups is 1. The molecular weight excluding hydrogens is 260 g/mol. The van der Waals surface area contributed by atoms with Gasteiger partial charge in [0.2, 0.25) is 11.1 Å². The molecule has 0 spiro atoms. The second-order valence-electron chi connectivity index (χ2n) is 5.14. The van der Waals surface area contributed by atoms with E-state index in [0.29, 0.717) is 22.9 Å². The first-order chi connectivity index (χ1) is 9.19. The Hall–Kier alpha value is -1.04. The van der Waals surface area contributed by atoms with Gasteiger partial charge >= 0.3 is 0 Å². The van der Waals surface area contributed by atoms with Crippen LogP contribution in [0.2, 0.25) is 0 Å². The van der Waals surface area contributed by atoms with Gasteiger partial charge in [0, 0.05) is 12.5 Å². The lowest BCUT2D eigenvalue weighted by molar-refractivity contribution is -0.119. The van der Waals surface area contributed by atoms with Crippen molar-refractivity contribution in [2.24, 2.45) is 5.92 Å². The summed E-state index contributed by atoms with van der Waals surface area (Å²) in [6.07, 6.45) is 5.68. The largest absolute Gasteiger partial charge is 0.352 e. The molecule has 0 saturated heterocycles. The molecule has 0 radical (unpaired) electrons. The highest BCUT2D eigenvalue weighted by atomic mass is 32.2. The minimum atomic E-state index is 0.0894. The molecule has 19 heavy (non-hydrogen) atoms. The van der Waals surface area contributed by atoms with Gasteiger partial charge < -0.3 is 5.32 Å². The molecule has 1 aromatic heterocycles. The number of hydrogen-bond acceptors (Lipinski definition) is 4. The molecule has 1 amide bonds. The Labute approximate surface area is 118 Å². The van der Waals surface area contributed by atoms with Crippen molar-refractivity contribution in [3.63, 3.8) is 0 Å². The quantitative estimate of drug-likeness (QED) is 0.812. The number of amides is 1. The van der Waals surface area contributed by atoms with E-state index in [2.05, 4.69) is 27.4 Å². The predicted molar refractivity (Wildman–Crippen MR) is 76.0 cm³/mol. The minimum Gasteiger partial charge on any atom is -0.352 e. The zero-order valence-corrected chi connectivity index (χ0v) is 12.4. The SMILES string of the molecule is CCc1nc(SCC(=O)NC2CCCCC2C)n[nH]1. The Bertz CT molecular complexity index is 421. The number of aromatic amines is 1. The van der Waals surface area contributed by atoms with E-state index in [-0.39, 0.29) is 5.91 Å². The molecule has 0 aliphatic heterocycles. The molecule has 2 unspecified atom stereocenters. The standard InChI is InChI=1S/C13H22N4OS/c1-3-11-15-13(17-16-11)19-8-12(18)14-10-7-5-4-6-9(10)2/h9-10H,3-8H2,1-2H3,(H,14,18)(H,15,16,17). The van der Waals surface area contributed by atoms with Crippen LogP contribution in [-0.4, -0.2) is 32.9 Å². The zero-order chi connectivity index (χ0) is 13.7. The van der Waals surface area contributed by atoms with Gasteiger partial charge in [-0.05, 0) is 18.8 Å². The highest BCUT2D eigenvalue weighted by molar-refractivity contribution is 7.99. The van der Waals surface area contributed by atoms with Crippen LogP contribution in [0.1, 0.15) is 45.4 Å². The van der Waals surface area contributed by atoms with E-state index < -0.39 is 0 Å². The van der Waals surface area contributed by atoms with E-state index in [0.717, 1.165) is 18.7 Å². The monoisotopic (exact) mass is 282 g/mol. The zero-order valence-electron chi connectivity index (χ0n) is 11.6. The lowest BCUT2D eigenvalue weighted by Crippen LogP contribution is -2.41. The maximum atomic E-state index is 11.9. The smallest absolute Gasteiger partial charge is 0.230 e. The Morgan fingerprint density at radius 3 is 2.95 bits per heavy atom. The third-order valence-corrected chi connectivity index (χ3v) is 4.48. The normalized spacial score (nSPS) is 23.3. The number of hydrogen-bond donors (Lipinski definition) is 2. The topological polar surface area (TPSA) is 70.7 Å². The van der Waals surface area contributed by atoms with Crippen LogP contribution < -0.4 is 5.32 Å². The summed E-state index contributed by atoms with van der Waals surface area (Å²) in [4.78, 5) is 16.2. The first kappa shape index (κ1) is 14.4. The molecule has 5 nitrogen and oxygen atoms in total. The summed E-state index contributed by atoms with van der Waals surface area (Å²) >= 11 is 1.39. The molecule has 2 rings (SSSR count). The number of nitrogens with one attached hydrogen (secondary N) is 2. The predicted octanol–water partition coefficient (Wildman–Crippen LogP) is 2.15. The van der Waals surface area contributed by atoms with Gasteiger partial charge in [0.05, 0.1) is 5.75 Å². The molecule has 1 saturated carbocycles. The molecule has 0 bridgehead atoms. The van der Waals surface area contributed by atoms with Crippen molar-refractivity contribution in [2.75, 3.05) is 5.75 Å². The highest BCUT2D eigenvalue weighted by Crippen LogP contribution is 2.23. The van der Waals surface area contributed by atoms with Gasteiger partial charge in [-0.2, -0.15) is 0 Å². The first-order valence-electron chi connectivity index (χ1n) is 7.02. The first-order valence-corrected chi connectivity index (χ1v) is 8.01. The fraction of sp³-hybridized carbons (Fsp3) is 0.769. The van der Waals surface area contributed by atoms with Crippen LogP contribution in [0.5, 0.6) is 0 Å². The second-order valence-corrected chi connectivity index (χ2v) is 6.09. The molecule has 1 aliphatic rings. The van der Waals surface area contributed by atoms with Crippen LogP contribution in [0, 0.1) is 5.92 Å². The number of H-pyrrole nitrogens is 1. The third kappa shape index (κ3) is 4.23. The van der Waals surface area contributed by atoms with Gasteiger partial charge in [-0.15, -0.1) is 5.10 Å². The van der Waals surface area contributed by atoms with E-state index in [9.17, 15) is 4.79 Å². The molecular formula is C13H22N4OS. The number of nitrogens with zero attached hydrogens (tertiary/aromatic N) is 2. The maximum absolute atomic E-state index is 11.9. The van der Waals surface area contributed by atoms with Crippen LogP contribution >= 0.6 is 11.8 Å². The molecule has 2 atom stereocenters. The number of carbonyl (C=O) groups is 1. The van der Waals surface area contributed by atoms with Crippen molar-refractivity contribution >= 4 is 17.7 Å². The highest BCUT2D eigenvalue weighted by Gasteiger charge is 2.22. The lowest BCUT2D eigenvalue weighted by atomic mass is 9.86. The molecule has 2 N–H and O–H groups in total. The average Bonchev–Trinajstić information content (AvgIpc) is 2.87. The summed E-state index contributed by atoms with van der Waals surface area (Å²) in [5.41, 5.74) is 0. The lowest BCUT2D eigenvalue weighted by Gasteiger charge is -2.29. The summed E-state index contributed by atoms with van der Waals surface area (Å²) in [6, 6.07) is 0.347. The van der Waals surface area contributed by atoms with E-state index in [1.807, 2.05) is 6.92 Å². The summed E-state index contributed by atoms with van der Waals surface area (Å²) < 4.78 is 0. The van der Waals surface area contributed by atoms with E-state index >= 15 is 0 Å². The summed E-state index contributed by atoms with van der Waals surface area (Å²) in [5.74, 6) is 1.94. The molecule has 1 heterocycles. The number of aromatic nitrogens is 3. The minimum absolute atomic E-state index is 0.0894. The number of carbonyl (C=O) groups excluding carboxylic acids is 1. The van der Waals surface area contributed by atoms with E-state index in [4.69, 9.17) is 0 Å². The molecule has 1 aromatic rings. The van der Waals surface area contributed by atoms with Crippen molar-refractivity contribution in [2.45, 2.75) is 57.1 Å². The summed E-state index contributed by atoms with van der Waals surface area (Å²) in [6.45, 7) is 4.24. The van der Waals surface area contributed by atoms with E-state index in [1.165, 1.54) is 31.0 Å². The van der Waals surface area contributed by atoms with Crippen molar-refractivity contribution in [1.29, 1.82) is 0 Å². The van der Waals surface area contributed by atoms with Gasteiger partial charge in [-0.3, -0.25) is 9.89 Å². The van der Waals surface area contributed by atoms with Gasteiger partial charge in [-0.1, -0.05) is 38.5 Å². The molecule has 106 valence electrons. The number of aryl methyl sites for hydroxylation is 1. The molecule has 1 fully saturated rings. The van der Waals surface area contributed by atoms with Crippen molar-refractivity contribution in [3.05, 3.63) is 5.82 Å². The fourth-order valence-electron chi connectivity index (χ4n) is 2.41. The van der Waals surface area contributed by atoms with Crippen molar-refractivity contribution < 1.29 is 4.79 Å². The van der Waals surface area contributed by atoms with Crippen LogP contribution in [0.25, 0.3) is 0 Å². The summed E-state index contributed by atoms with van der Waals surface area (Å²) in [7, 11) is 0. The van der Waals surface area contributed by atoms with Crippen LogP contribution in [0.15, 0.2) is 5.16 Å². The molecule has 6 heteroatoms. The Kier molecular flexibility index (Phi) is 5.24. The third-order valence-electron chi connectivity index (χ3n) is 3.64. The van der Waals surface area contributed by atoms with Gasteiger partial charge in [0.1, 0.15) is 5.82 Å². The van der Waals surface area contributed by atoms with Crippen molar-refractivity contribution in [3.8, 4) is 0 Å². The maximum Gasteiger partial charge on any atom is 0.230 e. The van der Waals surface area contributed by atoms with Crippen molar-refractivity contribution in [1.82, 2.24) is 20.5 Å². The van der Waals surface area contributed by atoms with Gasteiger partial charge in [0.15, 0.2) is 0 Å². The second kappa shape index (κ2) is 6.93. The van der Waals surface area contributed by atoms with Gasteiger partial charge in [-0.25, -0.2) is 4.98 Å². The fourth-order valence-corrected chi connectivity index (χ4v) is 3.04. The molecule has 0 aromatic carbocycles. The molecule has 1 aliphatic carbocycles. The van der Waals surface area contributed by atoms with Crippen LogP contribution in [0.4, 0.5) is 0 Å². The van der Waals surface area contributed by atoms with E-state index in [1.54, 1.807) is 0 Å². The number of rotatable bonds is 5. The van der Waals surface area contributed by atoms with Gasteiger partial charge in [0.25, 0.3) is 0 Å². The Morgan fingerprint density at radius 2 is 2.26 bits per heavy atom. The average molecular weight is 282 g/mol. The van der Waals surface area contributed by atoms with Crippen LogP contribution in [0.3, 0.4) is 0 Å². The Morgan fingerprint density at radius 1 is 1.47 bits per heavy atom. The Balaban J connectivity index is 1.74. The summed E-state index contributed by atoms with van der Waals surface area (Å²) in [5, 5.41) is 10.7. The van der Waals surface area contributed by atoms with Crippen LogP contribution in [-0.2, 0) is 11.2 Å².